The van der Waals surface area contributed by atoms with Crippen LogP contribution < -0.4 is 5.32 Å². The third-order valence-electron chi connectivity index (χ3n) is 4.42. The molecule has 0 spiro atoms. The molecule has 0 saturated carbocycles. The maximum absolute atomic E-state index is 12.6. The molecule has 0 bridgehead atoms. The number of nitrogens with zero attached hydrogens (tertiary/aromatic N) is 3. The summed E-state index contributed by atoms with van der Waals surface area (Å²) in [5.74, 6) is 0.627. The maximum Gasteiger partial charge on any atom is 0.284 e. The summed E-state index contributed by atoms with van der Waals surface area (Å²) in [4.78, 5) is 15.5. The van der Waals surface area contributed by atoms with Gasteiger partial charge in [0.2, 0.25) is 5.91 Å². The van der Waals surface area contributed by atoms with Crippen LogP contribution in [-0.2, 0) is 26.5 Å². The molecule has 2 aliphatic rings. The van der Waals surface area contributed by atoms with Crippen LogP contribution in [0.2, 0.25) is 0 Å². The van der Waals surface area contributed by atoms with Crippen LogP contribution in [0.3, 0.4) is 0 Å². The quantitative estimate of drug-likeness (QED) is 0.788. The second kappa shape index (κ2) is 5.51. The number of hydrogen-bond acceptors (Lipinski definition) is 4. The van der Waals surface area contributed by atoms with E-state index in [1.165, 1.54) is 16.8 Å². The van der Waals surface area contributed by atoms with Crippen molar-refractivity contribution in [2.75, 3.05) is 19.6 Å². The van der Waals surface area contributed by atoms with E-state index in [2.05, 4.69) is 10.3 Å². The molecular formula is C13H20N4O3S. The van der Waals surface area contributed by atoms with Gasteiger partial charge in [0.1, 0.15) is 0 Å². The molecule has 3 atom stereocenters. The Morgan fingerprint density at radius 2 is 2.24 bits per heavy atom. The highest BCUT2D eigenvalue weighted by atomic mass is 32.3. The van der Waals surface area contributed by atoms with Crippen LogP contribution in [-0.4, -0.2) is 44.0 Å². The van der Waals surface area contributed by atoms with Crippen molar-refractivity contribution in [2.24, 2.45) is 18.9 Å². The normalized spacial score (nSPS) is 30.1. The third kappa shape index (κ3) is 2.88. The van der Waals surface area contributed by atoms with Crippen molar-refractivity contribution in [2.45, 2.75) is 24.3 Å². The Balaban J connectivity index is 1.76. The van der Waals surface area contributed by atoms with Crippen molar-refractivity contribution in [3.8, 4) is 0 Å². The van der Waals surface area contributed by atoms with E-state index in [9.17, 15) is 13.6 Å². The molecule has 0 aromatic carbocycles. The lowest BCUT2D eigenvalue weighted by Crippen LogP contribution is -2.46. The lowest BCUT2D eigenvalue weighted by molar-refractivity contribution is -0.121. The number of piperidine rings is 1. The van der Waals surface area contributed by atoms with Gasteiger partial charge in [-0.2, -0.15) is 4.98 Å². The predicted octanol–water partition coefficient (Wildman–Crippen LogP) is 0.172. The highest BCUT2D eigenvalue weighted by molar-refractivity contribution is 7.95. The van der Waals surface area contributed by atoms with E-state index in [-0.39, 0.29) is 16.9 Å². The maximum atomic E-state index is 12.6. The fraction of sp³-hybridized carbons (Fsp3) is 0.692. The lowest BCUT2D eigenvalue weighted by Gasteiger charge is -2.37. The first-order valence-corrected chi connectivity index (χ1v) is 8.65. The van der Waals surface area contributed by atoms with Gasteiger partial charge in [-0.15, -0.1) is 4.31 Å². The van der Waals surface area contributed by atoms with Crippen LogP contribution in [0.5, 0.6) is 0 Å². The highest BCUT2D eigenvalue weighted by Gasteiger charge is 2.41. The predicted molar refractivity (Wildman–Crippen MR) is 75.7 cm³/mol. The minimum Gasteiger partial charge on any atom is -0.591 e. The molecule has 1 N–H and O–H groups in total. The van der Waals surface area contributed by atoms with E-state index in [0.29, 0.717) is 32.0 Å². The summed E-state index contributed by atoms with van der Waals surface area (Å²) in [5.41, 5.74) is 0. The van der Waals surface area contributed by atoms with E-state index in [0.717, 1.165) is 12.8 Å². The molecule has 0 aliphatic carbocycles. The van der Waals surface area contributed by atoms with Gasteiger partial charge in [-0.1, -0.05) is 4.21 Å². The first-order valence-electron chi connectivity index (χ1n) is 7.21. The summed E-state index contributed by atoms with van der Waals surface area (Å²) in [5, 5.41) is 2.97. The Hall–Kier alpha value is -1.25. The third-order valence-corrected chi connectivity index (χ3v) is 6.18. The van der Waals surface area contributed by atoms with Gasteiger partial charge in [0.15, 0.2) is 10.4 Å². The second-order valence-electron chi connectivity index (χ2n) is 5.89. The van der Waals surface area contributed by atoms with Gasteiger partial charge in [0.25, 0.3) is 5.03 Å². The van der Waals surface area contributed by atoms with Crippen molar-refractivity contribution in [3.63, 3.8) is 0 Å². The summed E-state index contributed by atoms with van der Waals surface area (Å²) in [6, 6.07) is 0. The monoisotopic (exact) mass is 312 g/mol. The summed E-state index contributed by atoms with van der Waals surface area (Å²) in [7, 11) is -1.77. The summed E-state index contributed by atoms with van der Waals surface area (Å²) in [6.07, 6.45) is 5.12. The number of imidazole rings is 1. The Morgan fingerprint density at radius 3 is 2.95 bits per heavy atom. The van der Waals surface area contributed by atoms with Crippen LogP contribution in [0, 0.1) is 11.8 Å². The summed E-state index contributed by atoms with van der Waals surface area (Å²) in [6.45, 7) is 1.59. The number of carbonyl (C=O) groups excluding carboxylic acids is 1. The van der Waals surface area contributed by atoms with Gasteiger partial charge in [-0.25, -0.2) is 0 Å². The zero-order valence-corrected chi connectivity index (χ0v) is 12.8. The number of amides is 1. The van der Waals surface area contributed by atoms with E-state index in [1.54, 1.807) is 11.6 Å². The smallest absolute Gasteiger partial charge is 0.284 e. The van der Waals surface area contributed by atoms with Gasteiger partial charge in [0, 0.05) is 33.1 Å². The molecule has 1 amide bonds. The first kappa shape index (κ1) is 14.7. The van der Waals surface area contributed by atoms with Gasteiger partial charge >= 0.3 is 0 Å². The van der Waals surface area contributed by atoms with Crippen molar-refractivity contribution in [3.05, 3.63) is 12.5 Å². The highest BCUT2D eigenvalue weighted by Crippen LogP contribution is 2.34. The molecule has 21 heavy (non-hydrogen) atoms. The second-order valence-corrected chi connectivity index (χ2v) is 7.78. The van der Waals surface area contributed by atoms with Crippen molar-refractivity contribution < 1.29 is 13.6 Å². The molecular weight excluding hydrogens is 292 g/mol. The Kier molecular flexibility index (Phi) is 3.85. The van der Waals surface area contributed by atoms with Crippen molar-refractivity contribution in [1.82, 2.24) is 19.2 Å². The molecule has 7 nitrogen and oxygen atoms in total. The van der Waals surface area contributed by atoms with Crippen LogP contribution in [0.25, 0.3) is 0 Å². The Morgan fingerprint density at radius 1 is 1.43 bits per heavy atom. The number of hydrogen-bond donors (Lipinski definition) is 1. The Bertz CT molecular complexity index is 588. The van der Waals surface area contributed by atoms with E-state index < -0.39 is 10.4 Å². The zero-order valence-electron chi connectivity index (χ0n) is 12.0. The number of fused-ring (bicyclic) bond motifs is 1. The molecule has 0 radical (unpaired) electrons. The van der Waals surface area contributed by atoms with E-state index in [1.807, 2.05) is 0 Å². The molecule has 2 fully saturated rings. The molecule has 3 unspecified atom stereocenters. The number of carbonyl (C=O) groups is 1. The van der Waals surface area contributed by atoms with Crippen LogP contribution in [0.1, 0.15) is 19.3 Å². The van der Waals surface area contributed by atoms with E-state index in [4.69, 9.17) is 0 Å². The van der Waals surface area contributed by atoms with Crippen LogP contribution in [0.15, 0.2) is 17.6 Å². The Labute approximate surface area is 125 Å². The number of nitrogens with one attached hydrogen (secondary N) is 1. The fourth-order valence-corrected chi connectivity index (χ4v) is 4.70. The summed E-state index contributed by atoms with van der Waals surface area (Å²) >= 11 is 0. The van der Waals surface area contributed by atoms with Crippen LogP contribution >= 0.6 is 0 Å². The van der Waals surface area contributed by atoms with E-state index >= 15 is 0 Å². The molecule has 1 aromatic heterocycles. The molecule has 2 aliphatic heterocycles. The largest absolute Gasteiger partial charge is 0.591 e. The minimum absolute atomic E-state index is 0.0866. The topological polar surface area (TPSA) is 90.3 Å². The minimum atomic E-state index is -3.52. The zero-order chi connectivity index (χ0) is 15.0. The lowest BCUT2D eigenvalue weighted by atomic mass is 9.83. The van der Waals surface area contributed by atoms with Gasteiger partial charge < -0.3 is 14.4 Å². The molecule has 1 aromatic rings. The van der Waals surface area contributed by atoms with Gasteiger partial charge in [-0.3, -0.25) is 4.79 Å². The molecule has 116 valence electrons. The van der Waals surface area contributed by atoms with Gasteiger partial charge in [-0.05, 0) is 24.7 Å². The number of aryl methyl sites for hydroxylation is 1. The average molecular weight is 312 g/mol. The summed E-state index contributed by atoms with van der Waals surface area (Å²) < 4.78 is 28.3. The van der Waals surface area contributed by atoms with Crippen LogP contribution in [0.4, 0.5) is 0 Å². The first-order chi connectivity index (χ1) is 9.96. The van der Waals surface area contributed by atoms with Crippen molar-refractivity contribution in [1.29, 1.82) is 0 Å². The SMILES string of the molecule is Cn1cnc([S+](=O)([O-])N2CCC3CC(=O)NCCC3C2)c1. The molecule has 8 heteroatoms. The fourth-order valence-electron chi connectivity index (χ4n) is 3.22. The standard InChI is InChI=1S/C13H20N4O3S/c1-16-8-13(15-9-16)21(19,20)17-5-3-10-6-12(18)14-4-2-11(10)7-17/h8-11H,2-7H2,1H3,(H-,14,18,19,20). The molecule has 3 heterocycles. The molecule has 3 rings (SSSR count). The van der Waals surface area contributed by atoms with Gasteiger partial charge in [0.05, 0.1) is 12.5 Å². The molecule has 2 saturated heterocycles. The number of sulfonamides is 1. The number of rotatable bonds is 2. The average Bonchev–Trinajstić information content (AvgIpc) is 2.79. The number of aromatic nitrogens is 2. The van der Waals surface area contributed by atoms with Crippen molar-refractivity contribution >= 4 is 16.3 Å².